The van der Waals surface area contributed by atoms with Crippen LogP contribution in [0.15, 0.2) is 36.4 Å². The van der Waals surface area contributed by atoms with E-state index in [-0.39, 0.29) is 17.8 Å². The van der Waals surface area contributed by atoms with Gasteiger partial charge in [0.1, 0.15) is 22.2 Å². The third-order valence-corrected chi connectivity index (χ3v) is 4.98. The molecule has 2 aromatic rings. The van der Waals surface area contributed by atoms with Crippen LogP contribution in [-0.2, 0) is 11.2 Å². The number of likely N-dealkylation sites (tertiary alicyclic amines) is 1. The second-order valence-electron chi connectivity index (χ2n) is 8.17. The fourth-order valence-electron chi connectivity index (χ4n) is 3.29. The zero-order valence-corrected chi connectivity index (χ0v) is 17.4. The maximum Gasteiger partial charge on any atom is 0.410 e. The predicted octanol–water partition coefficient (Wildman–Crippen LogP) is 6.21. The van der Waals surface area contributed by atoms with E-state index in [1.165, 1.54) is 0 Å². The first-order valence-electron chi connectivity index (χ1n) is 9.51. The standard InChI is InChI=1S/C22H24ClF2NO3/c1-22(2,3)29-21(27)26-11-10-14(13-26)12-15-6-4-5-7-18(15)28-20-17(25)9-8-16(24)19(20)23/h4-9,14H,10-13H2,1-3H3. The Kier molecular flexibility index (Phi) is 6.32. The molecule has 1 aliphatic heterocycles. The van der Waals surface area contributed by atoms with Gasteiger partial charge in [0.25, 0.3) is 0 Å². The molecule has 1 heterocycles. The summed E-state index contributed by atoms with van der Waals surface area (Å²) >= 11 is 5.88. The first kappa shape index (κ1) is 21.4. The molecule has 0 spiro atoms. The molecule has 0 N–H and O–H groups in total. The Morgan fingerprint density at radius 3 is 2.59 bits per heavy atom. The number of nitrogens with zero attached hydrogens (tertiary/aromatic N) is 1. The number of hydrogen-bond acceptors (Lipinski definition) is 3. The maximum absolute atomic E-state index is 14.1. The molecule has 4 nitrogen and oxygen atoms in total. The average Bonchev–Trinajstić information content (AvgIpc) is 3.11. The second kappa shape index (κ2) is 8.57. The minimum atomic E-state index is -0.746. The Balaban J connectivity index is 1.71. The summed E-state index contributed by atoms with van der Waals surface area (Å²) in [5.74, 6) is -1.19. The van der Waals surface area contributed by atoms with Crippen molar-refractivity contribution in [2.75, 3.05) is 13.1 Å². The Labute approximate surface area is 174 Å². The summed E-state index contributed by atoms with van der Waals surface area (Å²) < 4.78 is 38.9. The van der Waals surface area contributed by atoms with Crippen LogP contribution in [0.2, 0.25) is 5.02 Å². The quantitative estimate of drug-likeness (QED) is 0.549. The van der Waals surface area contributed by atoms with Gasteiger partial charge in [-0.05, 0) is 63.3 Å². The van der Waals surface area contributed by atoms with Crippen molar-refractivity contribution in [3.63, 3.8) is 0 Å². The van der Waals surface area contributed by atoms with Crippen molar-refractivity contribution in [3.8, 4) is 11.5 Å². The van der Waals surface area contributed by atoms with Crippen molar-refractivity contribution in [1.29, 1.82) is 0 Å². The zero-order chi connectivity index (χ0) is 21.2. The van der Waals surface area contributed by atoms with Gasteiger partial charge >= 0.3 is 6.09 Å². The van der Waals surface area contributed by atoms with E-state index in [1.807, 2.05) is 32.9 Å². The lowest BCUT2D eigenvalue weighted by molar-refractivity contribution is 0.0288. The minimum Gasteiger partial charge on any atom is -0.452 e. The molecule has 0 radical (unpaired) electrons. The van der Waals surface area contributed by atoms with Gasteiger partial charge in [-0.2, -0.15) is 0 Å². The molecule has 0 bridgehead atoms. The van der Waals surface area contributed by atoms with E-state index in [2.05, 4.69) is 0 Å². The number of rotatable bonds is 4. The molecule has 29 heavy (non-hydrogen) atoms. The number of halogens is 3. The summed E-state index contributed by atoms with van der Waals surface area (Å²) in [7, 11) is 0. The Hall–Kier alpha value is -2.34. The summed E-state index contributed by atoms with van der Waals surface area (Å²) in [5, 5.41) is -0.392. The van der Waals surface area contributed by atoms with Crippen molar-refractivity contribution in [2.45, 2.75) is 39.2 Å². The van der Waals surface area contributed by atoms with Gasteiger partial charge in [-0.25, -0.2) is 13.6 Å². The molecular formula is C22H24ClF2NO3. The second-order valence-corrected chi connectivity index (χ2v) is 8.55. The van der Waals surface area contributed by atoms with Crippen LogP contribution < -0.4 is 4.74 Å². The van der Waals surface area contributed by atoms with Crippen LogP contribution >= 0.6 is 11.6 Å². The Bertz CT molecular complexity index is 898. The molecule has 7 heteroatoms. The van der Waals surface area contributed by atoms with E-state index < -0.39 is 22.3 Å². The summed E-state index contributed by atoms with van der Waals surface area (Å²) in [6.07, 6.45) is 1.13. The van der Waals surface area contributed by atoms with Gasteiger partial charge < -0.3 is 14.4 Å². The molecule has 1 aliphatic rings. The SMILES string of the molecule is CC(C)(C)OC(=O)N1CCC(Cc2ccccc2Oc2c(F)ccc(F)c2Cl)C1. The lowest BCUT2D eigenvalue weighted by Gasteiger charge is -2.24. The average molecular weight is 424 g/mol. The summed E-state index contributed by atoms with van der Waals surface area (Å²) in [4.78, 5) is 14.0. The Morgan fingerprint density at radius 1 is 1.17 bits per heavy atom. The fourth-order valence-corrected chi connectivity index (χ4v) is 3.48. The van der Waals surface area contributed by atoms with Crippen LogP contribution in [0, 0.1) is 17.6 Å². The summed E-state index contributed by atoms with van der Waals surface area (Å²) in [5.41, 5.74) is 0.299. The molecule has 156 valence electrons. The smallest absolute Gasteiger partial charge is 0.410 e. The maximum atomic E-state index is 14.1. The van der Waals surface area contributed by atoms with E-state index in [0.29, 0.717) is 25.3 Å². The number of para-hydroxylation sites is 1. The van der Waals surface area contributed by atoms with Crippen LogP contribution in [0.4, 0.5) is 13.6 Å². The van der Waals surface area contributed by atoms with Gasteiger partial charge in [0.15, 0.2) is 11.6 Å². The van der Waals surface area contributed by atoms with Crippen LogP contribution in [-0.4, -0.2) is 29.7 Å². The van der Waals surface area contributed by atoms with E-state index in [9.17, 15) is 13.6 Å². The van der Waals surface area contributed by atoms with Gasteiger partial charge in [0, 0.05) is 13.1 Å². The number of hydrogen-bond donors (Lipinski definition) is 0. The molecule has 1 amide bonds. The van der Waals surface area contributed by atoms with Crippen molar-refractivity contribution >= 4 is 17.7 Å². The highest BCUT2D eigenvalue weighted by Gasteiger charge is 2.30. The van der Waals surface area contributed by atoms with Crippen LogP contribution in [0.3, 0.4) is 0 Å². The van der Waals surface area contributed by atoms with Crippen molar-refractivity contribution in [3.05, 3.63) is 58.6 Å². The number of carbonyl (C=O) groups is 1. The molecule has 1 unspecified atom stereocenters. The highest BCUT2D eigenvalue weighted by molar-refractivity contribution is 6.32. The molecule has 3 rings (SSSR count). The summed E-state index contributed by atoms with van der Waals surface area (Å²) in [6.45, 7) is 6.69. The molecular weight excluding hydrogens is 400 g/mol. The molecule has 2 aromatic carbocycles. The third kappa shape index (κ3) is 5.38. The van der Waals surface area contributed by atoms with Gasteiger partial charge in [-0.15, -0.1) is 0 Å². The molecule has 1 saturated heterocycles. The molecule has 0 aromatic heterocycles. The monoisotopic (exact) mass is 423 g/mol. The van der Waals surface area contributed by atoms with Gasteiger partial charge in [-0.3, -0.25) is 0 Å². The largest absolute Gasteiger partial charge is 0.452 e. The van der Waals surface area contributed by atoms with E-state index in [1.54, 1.807) is 17.0 Å². The van der Waals surface area contributed by atoms with Crippen LogP contribution in [0.25, 0.3) is 0 Å². The van der Waals surface area contributed by atoms with E-state index in [4.69, 9.17) is 21.1 Å². The highest BCUT2D eigenvalue weighted by atomic mass is 35.5. The van der Waals surface area contributed by atoms with Crippen molar-refractivity contribution in [1.82, 2.24) is 4.90 Å². The first-order chi connectivity index (χ1) is 13.6. The molecule has 0 saturated carbocycles. The normalized spacial score (nSPS) is 16.8. The van der Waals surface area contributed by atoms with Gasteiger partial charge in [0.05, 0.1) is 0 Å². The van der Waals surface area contributed by atoms with Gasteiger partial charge in [0.2, 0.25) is 0 Å². The Morgan fingerprint density at radius 2 is 1.86 bits per heavy atom. The number of amides is 1. The zero-order valence-electron chi connectivity index (χ0n) is 16.7. The van der Waals surface area contributed by atoms with Gasteiger partial charge in [-0.1, -0.05) is 29.8 Å². The third-order valence-electron chi connectivity index (χ3n) is 4.63. The molecule has 0 aliphatic carbocycles. The van der Waals surface area contributed by atoms with Crippen LogP contribution in [0.5, 0.6) is 11.5 Å². The molecule has 1 fully saturated rings. The summed E-state index contributed by atoms with van der Waals surface area (Å²) in [6, 6.07) is 9.11. The lowest BCUT2D eigenvalue weighted by Crippen LogP contribution is -2.35. The highest BCUT2D eigenvalue weighted by Crippen LogP contribution is 2.36. The van der Waals surface area contributed by atoms with Crippen molar-refractivity contribution in [2.24, 2.45) is 5.92 Å². The number of benzene rings is 2. The minimum absolute atomic E-state index is 0.208. The lowest BCUT2D eigenvalue weighted by atomic mass is 9.98. The van der Waals surface area contributed by atoms with Crippen LogP contribution in [0.1, 0.15) is 32.8 Å². The number of ether oxygens (including phenoxy) is 2. The van der Waals surface area contributed by atoms with E-state index in [0.717, 1.165) is 24.1 Å². The van der Waals surface area contributed by atoms with E-state index >= 15 is 0 Å². The predicted molar refractivity (Wildman–Crippen MR) is 108 cm³/mol. The fraction of sp³-hybridized carbons (Fsp3) is 0.409. The first-order valence-corrected chi connectivity index (χ1v) is 9.89. The van der Waals surface area contributed by atoms with Crippen molar-refractivity contribution < 1.29 is 23.0 Å². The molecule has 1 atom stereocenters. The topological polar surface area (TPSA) is 38.8 Å². The number of carbonyl (C=O) groups excluding carboxylic acids is 1.